The van der Waals surface area contributed by atoms with Crippen molar-refractivity contribution in [2.24, 2.45) is 0 Å². The van der Waals surface area contributed by atoms with Crippen LogP contribution in [0.15, 0.2) is 30.3 Å². The molecule has 0 unspecified atom stereocenters. The van der Waals surface area contributed by atoms with E-state index >= 15 is 0 Å². The molecule has 0 fully saturated rings. The van der Waals surface area contributed by atoms with Crippen molar-refractivity contribution in [3.05, 3.63) is 35.9 Å². The molecule has 4 N–H and O–H groups in total. The van der Waals surface area contributed by atoms with Gasteiger partial charge in [-0.2, -0.15) is 18.2 Å². The van der Waals surface area contributed by atoms with Crippen LogP contribution in [0.25, 0.3) is 11.3 Å². The monoisotopic (exact) mass is 254 g/mol. The van der Waals surface area contributed by atoms with Gasteiger partial charge in [0.25, 0.3) is 0 Å². The largest absolute Gasteiger partial charge is 0.422 e. The second kappa shape index (κ2) is 4.17. The SMILES string of the molecule is Nc1nc(N)c(C(F)(F)F)c(-c2ccccc2)n1. The van der Waals surface area contributed by atoms with Crippen LogP contribution in [0.4, 0.5) is 24.9 Å². The lowest BCUT2D eigenvalue weighted by molar-refractivity contribution is -0.136. The molecule has 0 spiro atoms. The first-order chi connectivity index (χ1) is 8.39. The van der Waals surface area contributed by atoms with Crippen LogP contribution in [0.5, 0.6) is 0 Å². The van der Waals surface area contributed by atoms with Gasteiger partial charge in [0.15, 0.2) is 0 Å². The number of rotatable bonds is 1. The lowest BCUT2D eigenvalue weighted by Gasteiger charge is -2.14. The Morgan fingerprint density at radius 3 is 2.11 bits per heavy atom. The van der Waals surface area contributed by atoms with Crippen LogP contribution in [0.3, 0.4) is 0 Å². The maximum Gasteiger partial charge on any atom is 0.422 e. The van der Waals surface area contributed by atoms with Crippen molar-refractivity contribution in [1.29, 1.82) is 0 Å². The second-order valence-electron chi connectivity index (χ2n) is 3.55. The topological polar surface area (TPSA) is 77.8 Å². The molecule has 0 saturated heterocycles. The molecular formula is C11H9F3N4. The molecule has 18 heavy (non-hydrogen) atoms. The number of hydrogen-bond acceptors (Lipinski definition) is 4. The van der Waals surface area contributed by atoms with Crippen LogP contribution in [-0.4, -0.2) is 9.97 Å². The van der Waals surface area contributed by atoms with Crippen molar-refractivity contribution in [2.75, 3.05) is 11.5 Å². The third kappa shape index (κ3) is 2.20. The predicted molar refractivity (Wildman–Crippen MR) is 61.3 cm³/mol. The fourth-order valence-corrected chi connectivity index (χ4v) is 1.58. The minimum absolute atomic E-state index is 0.283. The van der Waals surface area contributed by atoms with Gasteiger partial charge in [-0.3, -0.25) is 0 Å². The Balaban J connectivity index is 2.74. The Morgan fingerprint density at radius 2 is 1.56 bits per heavy atom. The molecule has 1 heterocycles. The molecule has 1 aromatic heterocycles. The Kier molecular flexibility index (Phi) is 2.82. The van der Waals surface area contributed by atoms with Crippen LogP contribution < -0.4 is 11.5 Å². The number of nitrogens with two attached hydrogens (primary N) is 2. The third-order valence-corrected chi connectivity index (χ3v) is 2.28. The Bertz CT molecular complexity index is 566. The van der Waals surface area contributed by atoms with Crippen LogP contribution >= 0.6 is 0 Å². The number of hydrogen-bond donors (Lipinski definition) is 2. The highest BCUT2D eigenvalue weighted by Gasteiger charge is 2.38. The van der Waals surface area contributed by atoms with Crippen molar-refractivity contribution < 1.29 is 13.2 Å². The van der Waals surface area contributed by atoms with Crippen LogP contribution in [-0.2, 0) is 6.18 Å². The molecule has 0 aliphatic rings. The summed E-state index contributed by atoms with van der Waals surface area (Å²) in [5, 5.41) is 0. The maximum absolute atomic E-state index is 12.9. The number of halogens is 3. The fourth-order valence-electron chi connectivity index (χ4n) is 1.58. The van der Waals surface area contributed by atoms with Gasteiger partial charge < -0.3 is 11.5 Å². The number of anilines is 2. The smallest absolute Gasteiger partial charge is 0.383 e. The summed E-state index contributed by atoms with van der Waals surface area (Å²) in [6, 6.07) is 7.88. The van der Waals surface area contributed by atoms with E-state index in [2.05, 4.69) is 9.97 Å². The summed E-state index contributed by atoms with van der Waals surface area (Å²) in [7, 11) is 0. The first-order valence-electron chi connectivity index (χ1n) is 4.95. The number of nitrogen functional groups attached to an aromatic ring is 2. The molecule has 0 atom stereocenters. The molecule has 7 heteroatoms. The van der Waals surface area contributed by atoms with E-state index in [1.165, 1.54) is 12.1 Å². The number of nitrogens with zero attached hydrogens (tertiary/aromatic N) is 2. The molecule has 0 bridgehead atoms. The summed E-state index contributed by atoms with van der Waals surface area (Å²) in [6.07, 6.45) is -4.64. The normalized spacial score (nSPS) is 11.5. The molecule has 0 aliphatic carbocycles. The van der Waals surface area contributed by atoms with Crippen molar-refractivity contribution in [2.45, 2.75) is 6.18 Å². The molecular weight excluding hydrogens is 245 g/mol. The molecule has 0 saturated carbocycles. The fraction of sp³-hybridized carbons (Fsp3) is 0.0909. The van der Waals surface area contributed by atoms with Crippen molar-refractivity contribution in [1.82, 2.24) is 9.97 Å². The van der Waals surface area contributed by atoms with Gasteiger partial charge in [0, 0.05) is 5.56 Å². The Hall–Kier alpha value is -2.31. The highest BCUT2D eigenvalue weighted by atomic mass is 19.4. The second-order valence-corrected chi connectivity index (χ2v) is 3.55. The predicted octanol–water partition coefficient (Wildman–Crippen LogP) is 2.33. The van der Waals surface area contributed by atoms with E-state index in [0.717, 1.165) is 0 Å². The minimum atomic E-state index is -4.64. The highest BCUT2D eigenvalue weighted by molar-refractivity contribution is 5.69. The average molecular weight is 254 g/mol. The maximum atomic E-state index is 12.9. The number of benzene rings is 1. The van der Waals surface area contributed by atoms with Gasteiger partial charge >= 0.3 is 6.18 Å². The molecule has 2 aromatic rings. The van der Waals surface area contributed by atoms with E-state index < -0.39 is 17.6 Å². The van der Waals surface area contributed by atoms with E-state index in [4.69, 9.17) is 11.5 Å². The summed E-state index contributed by atoms with van der Waals surface area (Å²) in [5.41, 5.74) is 9.54. The van der Waals surface area contributed by atoms with Gasteiger partial charge in [-0.1, -0.05) is 30.3 Å². The quantitative estimate of drug-likeness (QED) is 0.818. The molecule has 94 valence electrons. The lowest BCUT2D eigenvalue weighted by Crippen LogP contribution is -2.15. The molecule has 0 amide bonds. The van der Waals surface area contributed by atoms with E-state index in [9.17, 15) is 13.2 Å². The Morgan fingerprint density at radius 1 is 0.944 bits per heavy atom. The number of aromatic nitrogens is 2. The van der Waals surface area contributed by atoms with Gasteiger partial charge in [0.2, 0.25) is 5.95 Å². The zero-order chi connectivity index (χ0) is 13.3. The summed E-state index contributed by atoms with van der Waals surface area (Å²) in [5.74, 6) is -0.965. The van der Waals surface area contributed by atoms with E-state index in [1.807, 2.05) is 0 Å². The van der Waals surface area contributed by atoms with Gasteiger partial charge in [-0.15, -0.1) is 0 Å². The van der Waals surface area contributed by atoms with Crippen LogP contribution in [0.1, 0.15) is 5.56 Å². The first kappa shape index (κ1) is 12.2. The zero-order valence-electron chi connectivity index (χ0n) is 9.07. The minimum Gasteiger partial charge on any atom is -0.383 e. The number of alkyl halides is 3. The molecule has 4 nitrogen and oxygen atoms in total. The van der Waals surface area contributed by atoms with Gasteiger partial charge in [-0.05, 0) is 0 Å². The van der Waals surface area contributed by atoms with E-state index in [-0.39, 0.29) is 17.2 Å². The Labute approximate surface area is 100 Å². The van der Waals surface area contributed by atoms with Crippen LogP contribution in [0.2, 0.25) is 0 Å². The summed E-state index contributed by atoms with van der Waals surface area (Å²) < 4.78 is 38.8. The van der Waals surface area contributed by atoms with Crippen LogP contribution in [0, 0.1) is 0 Å². The van der Waals surface area contributed by atoms with E-state index in [0.29, 0.717) is 0 Å². The average Bonchev–Trinajstić information content (AvgIpc) is 2.27. The lowest BCUT2D eigenvalue weighted by atomic mass is 10.1. The van der Waals surface area contributed by atoms with Crippen molar-refractivity contribution in [3.63, 3.8) is 0 Å². The first-order valence-corrected chi connectivity index (χ1v) is 4.95. The highest BCUT2D eigenvalue weighted by Crippen LogP contribution is 2.39. The van der Waals surface area contributed by atoms with Gasteiger partial charge in [0.05, 0.1) is 5.69 Å². The van der Waals surface area contributed by atoms with Crippen molar-refractivity contribution >= 4 is 11.8 Å². The summed E-state index contributed by atoms with van der Waals surface area (Å²) >= 11 is 0. The van der Waals surface area contributed by atoms with Gasteiger partial charge in [-0.25, -0.2) is 4.98 Å². The van der Waals surface area contributed by atoms with E-state index in [1.54, 1.807) is 18.2 Å². The molecule has 0 aliphatic heterocycles. The summed E-state index contributed by atoms with van der Waals surface area (Å²) in [4.78, 5) is 6.99. The molecule has 2 rings (SSSR count). The molecule has 1 aromatic carbocycles. The summed E-state index contributed by atoms with van der Waals surface area (Å²) in [6.45, 7) is 0. The van der Waals surface area contributed by atoms with Crippen molar-refractivity contribution in [3.8, 4) is 11.3 Å². The van der Waals surface area contributed by atoms with Gasteiger partial charge in [0.1, 0.15) is 11.4 Å². The zero-order valence-corrected chi connectivity index (χ0v) is 9.07. The standard InChI is InChI=1S/C11H9F3N4/c12-11(13,14)7-8(6-4-2-1-3-5-6)17-10(16)18-9(7)15/h1-5H,(H4,15,16,17,18). The third-order valence-electron chi connectivity index (χ3n) is 2.28. The molecule has 0 radical (unpaired) electrons.